The Kier molecular flexibility index (Phi) is 5.35. The Morgan fingerprint density at radius 2 is 2.24 bits per heavy atom. The minimum absolute atomic E-state index is 0.0718. The van der Waals surface area contributed by atoms with Crippen molar-refractivity contribution in [2.45, 2.75) is 13.8 Å². The molecule has 5 nitrogen and oxygen atoms in total. The fourth-order valence-corrected chi connectivity index (χ4v) is 2.20. The van der Waals surface area contributed by atoms with Crippen molar-refractivity contribution in [3.63, 3.8) is 0 Å². The number of halogens is 1. The second-order valence-corrected chi connectivity index (χ2v) is 6.13. The lowest BCUT2D eigenvalue weighted by Gasteiger charge is -2.08. The number of aromatic nitrogens is 1. The van der Waals surface area contributed by atoms with Crippen LogP contribution in [-0.2, 0) is 14.8 Å². The minimum atomic E-state index is -3.39. The Labute approximate surface area is 110 Å². The highest BCUT2D eigenvalue weighted by Crippen LogP contribution is 2.17. The molecule has 0 aromatic carbocycles. The number of anilines is 1. The molecule has 0 aliphatic carbocycles. The molecule has 0 atom stereocenters. The molecule has 1 aromatic heterocycles. The summed E-state index contributed by atoms with van der Waals surface area (Å²) >= 11 is 3.30. The Bertz CT molecular complexity index is 476. The normalized spacial score (nSPS) is 11.5. The summed E-state index contributed by atoms with van der Waals surface area (Å²) < 4.78 is 31.5. The van der Waals surface area contributed by atoms with Crippen LogP contribution in [0.5, 0.6) is 0 Å². The van der Waals surface area contributed by atoms with Crippen LogP contribution >= 0.6 is 15.9 Å². The smallest absolute Gasteiger partial charge is 0.236 e. The molecule has 0 bridgehead atoms. The van der Waals surface area contributed by atoms with Gasteiger partial charge in [0.05, 0.1) is 12.4 Å². The predicted octanol–water partition coefficient (Wildman–Crippen LogP) is 1.93. The lowest BCUT2D eigenvalue weighted by atomic mass is 10.3. The minimum Gasteiger partial charge on any atom is -0.381 e. The maximum Gasteiger partial charge on any atom is 0.236 e. The number of sulfonamides is 1. The second kappa shape index (κ2) is 6.32. The summed E-state index contributed by atoms with van der Waals surface area (Å²) in [5.41, 5.74) is 0.919. The summed E-state index contributed by atoms with van der Waals surface area (Å²) in [6, 6.07) is 1.67. The Morgan fingerprint density at radius 3 is 2.82 bits per heavy atom. The van der Waals surface area contributed by atoms with Crippen LogP contribution in [0.15, 0.2) is 16.7 Å². The highest BCUT2D eigenvalue weighted by Gasteiger charge is 2.11. The maximum absolute atomic E-state index is 11.6. The highest BCUT2D eigenvalue weighted by molar-refractivity contribution is 9.10. The Hall–Kier alpha value is -0.660. The topological polar surface area (TPSA) is 68.3 Å². The van der Waals surface area contributed by atoms with Gasteiger partial charge in [0.25, 0.3) is 0 Å². The van der Waals surface area contributed by atoms with Crippen molar-refractivity contribution in [1.82, 2.24) is 4.98 Å². The van der Waals surface area contributed by atoms with E-state index in [1.165, 1.54) is 0 Å². The fraction of sp³-hybridized carbons (Fsp3) is 0.500. The first-order valence-electron chi connectivity index (χ1n) is 5.15. The van der Waals surface area contributed by atoms with Crippen LogP contribution in [0.2, 0.25) is 0 Å². The summed E-state index contributed by atoms with van der Waals surface area (Å²) in [5, 5.41) is 0. The van der Waals surface area contributed by atoms with Crippen molar-refractivity contribution in [3.05, 3.63) is 22.3 Å². The molecular formula is C10H15BrN2O3S. The van der Waals surface area contributed by atoms with Gasteiger partial charge in [-0.3, -0.25) is 4.72 Å². The highest BCUT2D eigenvalue weighted by atomic mass is 79.9. The van der Waals surface area contributed by atoms with Gasteiger partial charge in [-0.25, -0.2) is 13.4 Å². The lowest BCUT2D eigenvalue weighted by Crippen LogP contribution is -2.20. The molecule has 0 saturated carbocycles. The third-order valence-electron chi connectivity index (χ3n) is 2.01. The third-order valence-corrected chi connectivity index (χ3v) is 4.06. The summed E-state index contributed by atoms with van der Waals surface area (Å²) in [7, 11) is -3.39. The number of aryl methyl sites for hydroxylation is 1. The van der Waals surface area contributed by atoms with Crippen molar-refractivity contribution in [1.29, 1.82) is 0 Å². The molecule has 0 amide bonds. The molecule has 96 valence electrons. The van der Waals surface area contributed by atoms with E-state index in [1.807, 2.05) is 13.8 Å². The predicted molar refractivity (Wildman–Crippen MR) is 70.6 cm³/mol. The van der Waals surface area contributed by atoms with E-state index in [-0.39, 0.29) is 12.4 Å². The van der Waals surface area contributed by atoms with E-state index in [1.54, 1.807) is 12.3 Å². The monoisotopic (exact) mass is 322 g/mol. The van der Waals surface area contributed by atoms with Gasteiger partial charge in [0, 0.05) is 17.3 Å². The van der Waals surface area contributed by atoms with Crippen molar-refractivity contribution < 1.29 is 13.2 Å². The molecule has 0 spiro atoms. The first-order chi connectivity index (χ1) is 7.94. The van der Waals surface area contributed by atoms with E-state index in [4.69, 9.17) is 4.74 Å². The van der Waals surface area contributed by atoms with Crippen LogP contribution in [0.1, 0.15) is 12.5 Å². The number of pyridine rings is 1. The average Bonchev–Trinajstić information content (AvgIpc) is 2.23. The first-order valence-corrected chi connectivity index (χ1v) is 7.59. The molecule has 1 N–H and O–H groups in total. The maximum atomic E-state index is 11.6. The van der Waals surface area contributed by atoms with Crippen LogP contribution in [0.3, 0.4) is 0 Å². The number of hydrogen-bond donors (Lipinski definition) is 1. The molecule has 1 heterocycles. The molecule has 1 aromatic rings. The van der Waals surface area contributed by atoms with Gasteiger partial charge >= 0.3 is 0 Å². The van der Waals surface area contributed by atoms with E-state index >= 15 is 0 Å². The second-order valence-electron chi connectivity index (χ2n) is 3.44. The zero-order chi connectivity index (χ0) is 12.9. The quantitative estimate of drug-likeness (QED) is 0.812. The molecule has 0 saturated heterocycles. The van der Waals surface area contributed by atoms with Gasteiger partial charge in [0.1, 0.15) is 5.82 Å². The van der Waals surface area contributed by atoms with E-state index < -0.39 is 10.0 Å². The molecule has 17 heavy (non-hydrogen) atoms. The van der Waals surface area contributed by atoms with Gasteiger partial charge in [0.2, 0.25) is 10.0 Å². The van der Waals surface area contributed by atoms with Crippen molar-refractivity contribution in [3.8, 4) is 0 Å². The average molecular weight is 323 g/mol. The van der Waals surface area contributed by atoms with Crippen LogP contribution < -0.4 is 4.72 Å². The van der Waals surface area contributed by atoms with E-state index in [2.05, 4.69) is 25.6 Å². The van der Waals surface area contributed by atoms with E-state index in [0.717, 1.165) is 10.0 Å². The molecule has 7 heteroatoms. The third kappa shape index (κ3) is 5.01. The summed E-state index contributed by atoms with van der Waals surface area (Å²) in [6.45, 7) is 4.37. The summed E-state index contributed by atoms with van der Waals surface area (Å²) in [4.78, 5) is 3.97. The Balaban J connectivity index is 2.66. The molecule has 0 unspecified atom stereocenters. The van der Waals surface area contributed by atoms with Crippen LogP contribution in [-0.4, -0.2) is 32.4 Å². The van der Waals surface area contributed by atoms with Gasteiger partial charge in [-0.2, -0.15) is 0 Å². The number of ether oxygens (including phenoxy) is 1. The SMILES string of the molecule is CCOCCS(=O)(=O)Nc1cc(C)c(Br)cn1. The van der Waals surface area contributed by atoms with E-state index in [0.29, 0.717) is 12.4 Å². The van der Waals surface area contributed by atoms with Crippen LogP contribution in [0.25, 0.3) is 0 Å². The fourth-order valence-electron chi connectivity index (χ4n) is 1.12. The summed E-state index contributed by atoms with van der Waals surface area (Å²) in [6.07, 6.45) is 1.57. The molecule has 0 aliphatic rings. The van der Waals surface area contributed by atoms with Crippen molar-refractivity contribution in [2.75, 3.05) is 23.7 Å². The van der Waals surface area contributed by atoms with Gasteiger partial charge in [-0.1, -0.05) is 0 Å². The van der Waals surface area contributed by atoms with Gasteiger partial charge in [0.15, 0.2) is 0 Å². The van der Waals surface area contributed by atoms with Gasteiger partial charge in [-0.05, 0) is 41.4 Å². The molecular weight excluding hydrogens is 308 g/mol. The Morgan fingerprint density at radius 1 is 1.53 bits per heavy atom. The van der Waals surface area contributed by atoms with Gasteiger partial charge < -0.3 is 4.74 Å². The summed E-state index contributed by atoms with van der Waals surface area (Å²) in [5.74, 6) is 0.250. The van der Waals surface area contributed by atoms with Crippen LogP contribution in [0, 0.1) is 6.92 Å². The number of nitrogens with zero attached hydrogens (tertiary/aromatic N) is 1. The van der Waals surface area contributed by atoms with Gasteiger partial charge in [-0.15, -0.1) is 0 Å². The number of nitrogens with one attached hydrogen (secondary N) is 1. The van der Waals surface area contributed by atoms with E-state index in [9.17, 15) is 8.42 Å². The largest absolute Gasteiger partial charge is 0.381 e. The number of hydrogen-bond acceptors (Lipinski definition) is 4. The standard InChI is InChI=1S/C10H15BrN2O3S/c1-3-16-4-5-17(14,15)13-10-6-8(2)9(11)7-12-10/h6-7H,3-5H2,1-2H3,(H,12,13). The lowest BCUT2D eigenvalue weighted by molar-refractivity contribution is 0.163. The van der Waals surface area contributed by atoms with Crippen LogP contribution in [0.4, 0.5) is 5.82 Å². The molecule has 1 rings (SSSR count). The molecule has 0 aliphatic heterocycles. The number of rotatable bonds is 6. The van der Waals surface area contributed by atoms with Crippen molar-refractivity contribution in [2.24, 2.45) is 0 Å². The zero-order valence-electron chi connectivity index (χ0n) is 9.73. The van der Waals surface area contributed by atoms with Crippen molar-refractivity contribution >= 4 is 31.8 Å². The first kappa shape index (κ1) is 14.4. The molecule has 0 radical (unpaired) electrons. The zero-order valence-corrected chi connectivity index (χ0v) is 12.1. The molecule has 0 fully saturated rings.